The minimum atomic E-state index is -1.11. The number of ether oxygens (including phenoxy) is 2. The molecule has 0 spiro atoms. The molecule has 3 heterocycles. The van der Waals surface area contributed by atoms with E-state index in [0.717, 1.165) is 45.6 Å². The summed E-state index contributed by atoms with van der Waals surface area (Å²) in [4.78, 5) is 12.8. The van der Waals surface area contributed by atoms with Gasteiger partial charge in [-0.15, -0.1) is 0 Å². The van der Waals surface area contributed by atoms with Gasteiger partial charge >= 0.3 is 0 Å². The van der Waals surface area contributed by atoms with E-state index in [1.807, 2.05) is 17.7 Å². The Morgan fingerprint density at radius 2 is 2.07 bits per heavy atom. The number of hydrogen-bond acceptors (Lipinski definition) is 4. The lowest BCUT2D eigenvalue weighted by Crippen LogP contribution is -2.24. The number of hydrogen-bond donors (Lipinski definition) is 0. The predicted molar refractivity (Wildman–Crippen MR) is 110 cm³/mol. The minimum Gasteiger partial charge on any atom is -0.356 e. The molecular weight excluding hydrogens is 358 g/mol. The molecule has 27 heavy (non-hydrogen) atoms. The van der Waals surface area contributed by atoms with E-state index < -0.39 is 8.07 Å². The molecule has 0 radical (unpaired) electrons. The Hall–Kier alpha value is -1.96. The van der Waals surface area contributed by atoms with Gasteiger partial charge in [-0.25, -0.2) is 0 Å². The Morgan fingerprint density at radius 3 is 2.81 bits per heavy atom. The summed E-state index contributed by atoms with van der Waals surface area (Å²) in [6.07, 6.45) is 1.61. The molecule has 0 saturated carbocycles. The van der Waals surface area contributed by atoms with Crippen molar-refractivity contribution >= 4 is 29.9 Å². The van der Waals surface area contributed by atoms with Crippen LogP contribution in [0.25, 0.3) is 21.8 Å². The molecule has 0 N–H and O–H groups in total. The first-order chi connectivity index (χ1) is 12.8. The van der Waals surface area contributed by atoms with Crippen molar-refractivity contribution in [3.8, 4) is 0 Å². The van der Waals surface area contributed by atoms with E-state index >= 15 is 0 Å². The predicted octanol–water partition coefficient (Wildman–Crippen LogP) is 3.58. The van der Waals surface area contributed by atoms with Gasteiger partial charge in [-0.05, 0) is 30.2 Å². The van der Waals surface area contributed by atoms with Crippen LogP contribution in [0.3, 0.4) is 0 Å². The van der Waals surface area contributed by atoms with Crippen LogP contribution in [0.1, 0.15) is 17.2 Å². The van der Waals surface area contributed by atoms with Crippen LogP contribution < -0.4 is 5.56 Å². The highest BCUT2D eigenvalue weighted by Gasteiger charge is 2.27. The zero-order valence-electron chi connectivity index (χ0n) is 16.7. The zero-order valence-corrected chi connectivity index (χ0v) is 17.7. The molecule has 0 fully saturated rings. The summed E-state index contributed by atoms with van der Waals surface area (Å²) in [5.74, 6) is 0. The van der Waals surface area contributed by atoms with Gasteiger partial charge in [-0.1, -0.05) is 25.7 Å². The van der Waals surface area contributed by atoms with Crippen molar-refractivity contribution in [1.82, 2.24) is 14.3 Å². The summed E-state index contributed by atoms with van der Waals surface area (Å²) in [5.41, 5.74) is 4.02. The van der Waals surface area contributed by atoms with Gasteiger partial charge in [0, 0.05) is 32.5 Å². The Balaban J connectivity index is 1.68. The van der Waals surface area contributed by atoms with E-state index in [1.165, 1.54) is 0 Å². The first-order valence-electron chi connectivity index (χ1n) is 9.44. The average molecular weight is 386 g/mol. The van der Waals surface area contributed by atoms with Gasteiger partial charge in [-0.3, -0.25) is 9.48 Å². The second-order valence-corrected chi connectivity index (χ2v) is 14.3. The Morgan fingerprint density at radius 1 is 1.30 bits per heavy atom. The third-order valence-electron chi connectivity index (χ3n) is 5.30. The Labute approximate surface area is 159 Å². The molecule has 0 aliphatic carbocycles. The smallest absolute Gasteiger partial charge is 0.258 e. The van der Waals surface area contributed by atoms with Crippen molar-refractivity contribution in [2.24, 2.45) is 7.05 Å². The van der Waals surface area contributed by atoms with Crippen LogP contribution in [-0.2, 0) is 23.1 Å². The second kappa shape index (κ2) is 6.58. The quantitative estimate of drug-likeness (QED) is 0.370. The molecule has 0 saturated heterocycles. The lowest BCUT2D eigenvalue weighted by atomic mass is 9.95. The van der Waals surface area contributed by atoms with Crippen molar-refractivity contribution in [3.05, 3.63) is 39.8 Å². The molecule has 7 heteroatoms. The summed E-state index contributed by atoms with van der Waals surface area (Å²) in [6, 6.07) is 5.21. The first kappa shape index (κ1) is 18.4. The lowest BCUT2D eigenvalue weighted by molar-refractivity contribution is -0.0931. The van der Waals surface area contributed by atoms with E-state index in [2.05, 4.69) is 30.8 Å². The van der Waals surface area contributed by atoms with Gasteiger partial charge in [0.25, 0.3) is 5.56 Å². The molecule has 2 aromatic heterocycles. The highest BCUT2D eigenvalue weighted by atomic mass is 28.3. The summed E-state index contributed by atoms with van der Waals surface area (Å²) in [7, 11) is 0.698. The topological polar surface area (TPSA) is 58.3 Å². The molecule has 144 valence electrons. The average Bonchev–Trinajstić information content (AvgIpc) is 3.01. The highest BCUT2D eigenvalue weighted by molar-refractivity contribution is 6.76. The lowest BCUT2D eigenvalue weighted by Gasteiger charge is -2.26. The van der Waals surface area contributed by atoms with E-state index in [1.54, 1.807) is 17.8 Å². The van der Waals surface area contributed by atoms with Crippen LogP contribution in [0.15, 0.2) is 23.1 Å². The summed E-state index contributed by atoms with van der Waals surface area (Å²) >= 11 is 0. The van der Waals surface area contributed by atoms with Gasteiger partial charge < -0.3 is 14.0 Å². The number of aryl methyl sites for hydroxylation is 2. The van der Waals surface area contributed by atoms with E-state index in [-0.39, 0.29) is 18.5 Å². The van der Waals surface area contributed by atoms with Crippen LogP contribution in [-0.4, -0.2) is 35.8 Å². The van der Waals surface area contributed by atoms with E-state index in [4.69, 9.17) is 9.47 Å². The molecule has 6 nitrogen and oxygen atoms in total. The van der Waals surface area contributed by atoms with Gasteiger partial charge in [0.1, 0.15) is 12.9 Å². The number of aromatic nitrogens is 3. The number of benzene rings is 1. The minimum absolute atomic E-state index is 0.00837. The van der Waals surface area contributed by atoms with Crippen molar-refractivity contribution < 1.29 is 9.47 Å². The molecular formula is C20H27N3O3Si. The number of rotatable bonds is 6. The van der Waals surface area contributed by atoms with E-state index in [9.17, 15) is 4.79 Å². The van der Waals surface area contributed by atoms with E-state index in [0.29, 0.717) is 6.54 Å². The zero-order chi connectivity index (χ0) is 19.3. The molecule has 1 aliphatic rings. The summed E-state index contributed by atoms with van der Waals surface area (Å²) < 4.78 is 15.5. The normalized spacial score (nSPS) is 16.7. The van der Waals surface area contributed by atoms with Gasteiger partial charge in [-0.2, -0.15) is 5.10 Å². The molecule has 1 unspecified atom stereocenters. The molecule has 1 atom stereocenters. The summed E-state index contributed by atoms with van der Waals surface area (Å²) in [6.45, 7) is 10.6. The molecule has 3 aromatic rings. The Kier molecular flexibility index (Phi) is 4.48. The fourth-order valence-electron chi connectivity index (χ4n) is 3.77. The molecule has 0 bridgehead atoms. The Bertz CT molecular complexity index is 1080. The van der Waals surface area contributed by atoms with Crippen LogP contribution in [0.4, 0.5) is 0 Å². The van der Waals surface area contributed by atoms with Crippen LogP contribution in [0, 0.1) is 6.92 Å². The fraction of sp³-hybridized carbons (Fsp3) is 0.500. The largest absolute Gasteiger partial charge is 0.356 e. The maximum absolute atomic E-state index is 12.8. The monoisotopic (exact) mass is 385 g/mol. The van der Waals surface area contributed by atoms with Gasteiger partial charge in [0.2, 0.25) is 0 Å². The second-order valence-electron chi connectivity index (χ2n) is 8.69. The summed E-state index contributed by atoms with van der Waals surface area (Å²) in [5, 5.41) is 6.20. The van der Waals surface area contributed by atoms with Crippen LogP contribution in [0.5, 0.6) is 0 Å². The SMILES string of the molecule is Cc1cc2c3c(c1)c(=O)n(C)c1cnn(c31)CC2OCOCC[Si](C)(C)C. The number of nitrogens with zero attached hydrogens (tertiary/aromatic N) is 3. The third kappa shape index (κ3) is 3.24. The maximum Gasteiger partial charge on any atom is 0.258 e. The number of pyridine rings is 1. The highest BCUT2D eigenvalue weighted by Crippen LogP contribution is 2.37. The fourth-order valence-corrected chi connectivity index (χ4v) is 4.53. The van der Waals surface area contributed by atoms with Crippen molar-refractivity contribution in [2.45, 2.75) is 45.3 Å². The van der Waals surface area contributed by atoms with Crippen molar-refractivity contribution in [2.75, 3.05) is 13.4 Å². The van der Waals surface area contributed by atoms with Gasteiger partial charge in [0.15, 0.2) is 0 Å². The molecule has 1 aliphatic heterocycles. The molecule has 4 rings (SSSR count). The maximum atomic E-state index is 12.8. The van der Waals surface area contributed by atoms with Crippen LogP contribution in [0.2, 0.25) is 25.7 Å². The van der Waals surface area contributed by atoms with Crippen molar-refractivity contribution in [3.63, 3.8) is 0 Å². The van der Waals surface area contributed by atoms with Crippen LogP contribution >= 0.6 is 0 Å². The first-order valence-corrected chi connectivity index (χ1v) is 13.1. The van der Waals surface area contributed by atoms with Crippen molar-refractivity contribution in [1.29, 1.82) is 0 Å². The molecule has 0 amide bonds. The molecule has 1 aromatic carbocycles. The third-order valence-corrected chi connectivity index (χ3v) is 7.01. The van der Waals surface area contributed by atoms with Gasteiger partial charge in [0.05, 0.1) is 23.8 Å². The standard InChI is InChI=1S/C20H27N3O3Si/c1-13-8-14-17(26-12-25-6-7-27(3,4)5)11-23-19-16(10-21-23)22(2)20(24)15(9-13)18(14)19/h8-10,17H,6-7,11-12H2,1-5H3.